The van der Waals surface area contributed by atoms with Crippen LogP contribution >= 0.6 is 15.9 Å². The van der Waals surface area contributed by atoms with Gasteiger partial charge in [-0.3, -0.25) is 0 Å². The first-order chi connectivity index (χ1) is 8.15. The summed E-state index contributed by atoms with van der Waals surface area (Å²) < 4.78 is 1.17. The molecule has 1 aliphatic rings. The fourth-order valence-electron chi connectivity index (χ4n) is 2.31. The summed E-state index contributed by atoms with van der Waals surface area (Å²) in [6.45, 7) is 7.92. The van der Waals surface area contributed by atoms with Crippen molar-refractivity contribution >= 4 is 21.6 Å². The molecule has 1 heterocycles. The van der Waals surface area contributed by atoms with E-state index >= 15 is 0 Å². The molecule has 0 radical (unpaired) electrons. The van der Waals surface area contributed by atoms with Crippen LogP contribution in [0.4, 0.5) is 5.69 Å². The fourth-order valence-corrected chi connectivity index (χ4v) is 2.70. The lowest BCUT2D eigenvalue weighted by atomic mass is 10.1. The molecule has 94 valence electrons. The predicted molar refractivity (Wildman–Crippen MR) is 77.6 cm³/mol. The maximum atomic E-state index is 3.54. The van der Waals surface area contributed by atoms with Crippen LogP contribution < -0.4 is 10.2 Å². The molecule has 0 saturated carbocycles. The van der Waals surface area contributed by atoms with Crippen LogP contribution in [-0.2, 0) is 0 Å². The number of halogens is 1. The lowest BCUT2D eigenvalue weighted by Crippen LogP contribution is -2.30. The molecule has 17 heavy (non-hydrogen) atoms. The molecular formula is C14H21BrN2. The van der Waals surface area contributed by atoms with Crippen molar-refractivity contribution in [3.63, 3.8) is 0 Å². The van der Waals surface area contributed by atoms with E-state index in [2.05, 4.69) is 64.3 Å². The summed E-state index contributed by atoms with van der Waals surface area (Å²) in [6.07, 6.45) is 1.30. The summed E-state index contributed by atoms with van der Waals surface area (Å²) in [5, 5.41) is 3.53. The van der Waals surface area contributed by atoms with Gasteiger partial charge in [-0.05, 0) is 37.1 Å². The van der Waals surface area contributed by atoms with E-state index in [1.54, 1.807) is 0 Å². The Labute approximate surface area is 113 Å². The molecule has 1 unspecified atom stereocenters. The van der Waals surface area contributed by atoms with Gasteiger partial charge in [-0.2, -0.15) is 0 Å². The summed E-state index contributed by atoms with van der Waals surface area (Å²) in [5.74, 6) is 0.788. The average molecular weight is 297 g/mol. The third-order valence-corrected chi connectivity index (χ3v) is 3.77. The lowest BCUT2D eigenvalue weighted by Gasteiger charge is -2.19. The molecule has 1 N–H and O–H groups in total. The highest BCUT2D eigenvalue weighted by Gasteiger charge is 2.22. The van der Waals surface area contributed by atoms with Crippen LogP contribution in [0.25, 0.3) is 0 Å². The van der Waals surface area contributed by atoms with Gasteiger partial charge < -0.3 is 10.2 Å². The van der Waals surface area contributed by atoms with E-state index < -0.39 is 0 Å². The van der Waals surface area contributed by atoms with Crippen molar-refractivity contribution in [2.45, 2.75) is 26.3 Å². The Hall–Kier alpha value is -0.540. The van der Waals surface area contributed by atoms with Gasteiger partial charge in [0, 0.05) is 29.3 Å². The molecule has 0 aliphatic carbocycles. The van der Waals surface area contributed by atoms with Gasteiger partial charge in [0.1, 0.15) is 0 Å². The Bertz CT molecular complexity index is 365. The van der Waals surface area contributed by atoms with Crippen molar-refractivity contribution in [3.05, 3.63) is 28.7 Å². The van der Waals surface area contributed by atoms with Gasteiger partial charge >= 0.3 is 0 Å². The first-order valence-electron chi connectivity index (χ1n) is 6.39. The van der Waals surface area contributed by atoms with Gasteiger partial charge in [0.25, 0.3) is 0 Å². The van der Waals surface area contributed by atoms with E-state index in [-0.39, 0.29) is 0 Å². The zero-order valence-electron chi connectivity index (χ0n) is 10.6. The molecule has 0 aromatic heterocycles. The van der Waals surface area contributed by atoms with Gasteiger partial charge in [-0.25, -0.2) is 0 Å². The molecule has 1 aromatic carbocycles. The van der Waals surface area contributed by atoms with Gasteiger partial charge in [-0.1, -0.05) is 35.8 Å². The van der Waals surface area contributed by atoms with Crippen molar-refractivity contribution in [1.82, 2.24) is 5.32 Å². The summed E-state index contributed by atoms with van der Waals surface area (Å²) in [7, 11) is 0. The lowest BCUT2D eigenvalue weighted by molar-refractivity contribution is 0.480. The second-order valence-electron chi connectivity index (χ2n) is 5.14. The number of nitrogens with zero attached hydrogens (tertiary/aromatic N) is 1. The predicted octanol–water partition coefficient (Wildman–Crippen LogP) is 3.27. The van der Waals surface area contributed by atoms with E-state index in [9.17, 15) is 0 Å². The second-order valence-corrected chi connectivity index (χ2v) is 6.06. The standard InChI is InChI=1S/C14H21BrN2/c1-11(2)16-9-12-6-7-17(10-12)14-5-3-4-13(15)8-14/h3-5,8,11-12,16H,6-7,9-10H2,1-2H3. The van der Waals surface area contributed by atoms with E-state index in [0.29, 0.717) is 6.04 Å². The number of anilines is 1. The van der Waals surface area contributed by atoms with Crippen LogP contribution in [0.3, 0.4) is 0 Å². The third kappa shape index (κ3) is 3.71. The summed E-state index contributed by atoms with van der Waals surface area (Å²) in [6, 6.07) is 9.19. The van der Waals surface area contributed by atoms with Crippen molar-refractivity contribution in [1.29, 1.82) is 0 Å². The molecule has 0 amide bonds. The molecule has 1 atom stereocenters. The maximum Gasteiger partial charge on any atom is 0.0377 e. The van der Waals surface area contributed by atoms with Crippen LogP contribution in [0.2, 0.25) is 0 Å². The van der Waals surface area contributed by atoms with Crippen LogP contribution in [0.5, 0.6) is 0 Å². The molecule has 1 aliphatic heterocycles. The summed E-state index contributed by atoms with van der Waals surface area (Å²) in [5.41, 5.74) is 1.34. The van der Waals surface area contributed by atoms with Crippen molar-refractivity contribution in [3.8, 4) is 0 Å². The summed E-state index contributed by atoms with van der Waals surface area (Å²) >= 11 is 3.54. The minimum Gasteiger partial charge on any atom is -0.371 e. The molecule has 3 heteroatoms. The molecular weight excluding hydrogens is 276 g/mol. The van der Waals surface area contributed by atoms with Crippen molar-refractivity contribution in [2.24, 2.45) is 5.92 Å². The quantitative estimate of drug-likeness (QED) is 0.917. The summed E-state index contributed by atoms with van der Waals surface area (Å²) in [4.78, 5) is 2.48. The first-order valence-corrected chi connectivity index (χ1v) is 7.18. The molecule has 0 spiro atoms. The number of hydrogen-bond donors (Lipinski definition) is 1. The molecule has 2 rings (SSSR count). The number of benzene rings is 1. The number of rotatable bonds is 4. The van der Waals surface area contributed by atoms with Crippen molar-refractivity contribution in [2.75, 3.05) is 24.5 Å². The number of hydrogen-bond acceptors (Lipinski definition) is 2. The van der Waals surface area contributed by atoms with Gasteiger partial charge in [-0.15, -0.1) is 0 Å². The molecule has 1 aromatic rings. The largest absolute Gasteiger partial charge is 0.371 e. The van der Waals surface area contributed by atoms with Gasteiger partial charge in [0.15, 0.2) is 0 Å². The van der Waals surface area contributed by atoms with Gasteiger partial charge in [0.05, 0.1) is 0 Å². The normalized spacial score (nSPS) is 20.2. The highest BCUT2D eigenvalue weighted by atomic mass is 79.9. The topological polar surface area (TPSA) is 15.3 Å². The zero-order valence-corrected chi connectivity index (χ0v) is 12.2. The smallest absolute Gasteiger partial charge is 0.0377 e. The Morgan fingerprint density at radius 2 is 2.29 bits per heavy atom. The van der Waals surface area contributed by atoms with Gasteiger partial charge in [0.2, 0.25) is 0 Å². The molecule has 1 fully saturated rings. The van der Waals surface area contributed by atoms with E-state index in [1.807, 2.05) is 0 Å². The van der Waals surface area contributed by atoms with Crippen LogP contribution in [0, 0.1) is 5.92 Å². The fraction of sp³-hybridized carbons (Fsp3) is 0.571. The highest BCUT2D eigenvalue weighted by Crippen LogP contribution is 2.25. The molecule has 0 bridgehead atoms. The monoisotopic (exact) mass is 296 g/mol. The van der Waals surface area contributed by atoms with Crippen molar-refractivity contribution < 1.29 is 0 Å². The van der Waals surface area contributed by atoms with E-state index in [0.717, 1.165) is 12.5 Å². The maximum absolute atomic E-state index is 3.54. The van der Waals surface area contributed by atoms with E-state index in [4.69, 9.17) is 0 Å². The minimum absolute atomic E-state index is 0.593. The molecule has 1 saturated heterocycles. The Morgan fingerprint density at radius 1 is 1.47 bits per heavy atom. The average Bonchev–Trinajstić information content (AvgIpc) is 2.75. The van der Waals surface area contributed by atoms with Crippen LogP contribution in [0.1, 0.15) is 20.3 Å². The van der Waals surface area contributed by atoms with Crippen LogP contribution in [0.15, 0.2) is 28.7 Å². The van der Waals surface area contributed by atoms with E-state index in [1.165, 1.54) is 29.7 Å². The Balaban J connectivity index is 1.89. The Kier molecular flexibility index (Phi) is 4.46. The second kappa shape index (κ2) is 5.87. The Morgan fingerprint density at radius 3 is 3.00 bits per heavy atom. The van der Waals surface area contributed by atoms with Crippen LogP contribution in [-0.4, -0.2) is 25.7 Å². The molecule has 2 nitrogen and oxygen atoms in total. The SMILES string of the molecule is CC(C)NCC1CCN(c2cccc(Br)c2)C1. The minimum atomic E-state index is 0.593. The zero-order chi connectivity index (χ0) is 12.3. The third-order valence-electron chi connectivity index (χ3n) is 3.27. The first kappa shape index (κ1) is 12.9. The number of nitrogens with one attached hydrogen (secondary N) is 1. The highest BCUT2D eigenvalue weighted by molar-refractivity contribution is 9.10.